The molecule has 0 atom stereocenters. The van der Waals surface area contributed by atoms with E-state index < -0.39 is 0 Å². The van der Waals surface area contributed by atoms with Crippen molar-refractivity contribution >= 4 is 21.6 Å². The van der Waals surface area contributed by atoms with E-state index in [0.717, 1.165) is 10.2 Å². The molecule has 0 aromatic carbocycles. The Morgan fingerprint density at radius 1 is 1.64 bits per heavy atom. The van der Waals surface area contributed by atoms with E-state index >= 15 is 0 Å². The van der Waals surface area contributed by atoms with Gasteiger partial charge in [-0.2, -0.15) is 5.26 Å². The van der Waals surface area contributed by atoms with Crippen LogP contribution in [-0.4, -0.2) is 11.5 Å². The van der Waals surface area contributed by atoms with Crippen molar-refractivity contribution in [2.24, 2.45) is 5.41 Å². The first-order valence-electron chi connectivity index (χ1n) is 4.30. The zero-order valence-corrected chi connectivity index (χ0v) is 9.80. The van der Waals surface area contributed by atoms with Crippen molar-refractivity contribution < 1.29 is 0 Å². The van der Waals surface area contributed by atoms with Crippen LogP contribution in [0.4, 0.5) is 5.69 Å². The van der Waals surface area contributed by atoms with Gasteiger partial charge in [-0.05, 0) is 35.8 Å². The highest BCUT2D eigenvalue weighted by atomic mass is 79.9. The summed E-state index contributed by atoms with van der Waals surface area (Å²) in [7, 11) is 0. The number of aromatic nitrogens is 1. The summed E-state index contributed by atoms with van der Waals surface area (Å²) >= 11 is 3.38. The second-order valence-corrected chi connectivity index (χ2v) is 4.56. The second kappa shape index (κ2) is 4.43. The molecular weight excluding hydrogens is 242 g/mol. The highest BCUT2D eigenvalue weighted by Gasteiger charge is 2.16. The summed E-state index contributed by atoms with van der Waals surface area (Å²) in [5.41, 5.74) is 0.603. The van der Waals surface area contributed by atoms with E-state index in [1.165, 1.54) is 0 Å². The lowest BCUT2D eigenvalue weighted by Crippen LogP contribution is -2.21. The molecule has 0 saturated carbocycles. The monoisotopic (exact) mass is 253 g/mol. The number of hydrogen-bond donors (Lipinski definition) is 1. The molecule has 1 aromatic rings. The van der Waals surface area contributed by atoms with Crippen molar-refractivity contribution in [3.8, 4) is 6.07 Å². The minimum Gasteiger partial charge on any atom is -0.382 e. The standard InChI is InChI=1S/C10H12BrN3/c1-10(2,6-12)7-14-9-3-4-13-5-8(9)11/h3-5H,7H2,1-2H3,(H,13,14). The SMILES string of the molecule is CC(C)(C#N)CNc1ccncc1Br. The fourth-order valence-electron chi connectivity index (χ4n) is 0.874. The predicted octanol–water partition coefficient (Wildman–Crippen LogP) is 2.81. The molecule has 1 aromatic heterocycles. The van der Waals surface area contributed by atoms with Gasteiger partial charge in [0, 0.05) is 18.9 Å². The molecule has 0 unspecified atom stereocenters. The summed E-state index contributed by atoms with van der Waals surface area (Å²) in [6.45, 7) is 4.41. The summed E-state index contributed by atoms with van der Waals surface area (Å²) in [6.07, 6.45) is 3.44. The zero-order valence-electron chi connectivity index (χ0n) is 8.21. The topological polar surface area (TPSA) is 48.7 Å². The number of pyridine rings is 1. The summed E-state index contributed by atoms with van der Waals surface area (Å²) in [5, 5.41) is 12.0. The molecule has 1 N–H and O–H groups in total. The lowest BCUT2D eigenvalue weighted by atomic mass is 9.96. The van der Waals surface area contributed by atoms with Crippen molar-refractivity contribution in [1.82, 2.24) is 4.98 Å². The lowest BCUT2D eigenvalue weighted by molar-refractivity contribution is 0.529. The fourth-order valence-corrected chi connectivity index (χ4v) is 1.26. The van der Waals surface area contributed by atoms with Crippen LogP contribution in [0.15, 0.2) is 22.9 Å². The first kappa shape index (κ1) is 11.0. The molecule has 0 fully saturated rings. The van der Waals surface area contributed by atoms with Gasteiger partial charge in [-0.25, -0.2) is 0 Å². The highest BCUT2D eigenvalue weighted by molar-refractivity contribution is 9.10. The fraction of sp³-hybridized carbons (Fsp3) is 0.400. The molecule has 0 amide bonds. The van der Waals surface area contributed by atoms with Crippen LogP contribution in [0.5, 0.6) is 0 Å². The Bertz CT molecular complexity index is 355. The Kier molecular flexibility index (Phi) is 3.48. The molecule has 0 aliphatic carbocycles. The van der Waals surface area contributed by atoms with Crippen LogP contribution >= 0.6 is 15.9 Å². The average Bonchev–Trinajstić information content (AvgIpc) is 2.17. The van der Waals surface area contributed by atoms with E-state index in [1.807, 2.05) is 19.9 Å². The molecule has 1 rings (SSSR count). The molecule has 0 saturated heterocycles. The molecule has 0 spiro atoms. The van der Waals surface area contributed by atoms with Crippen molar-refractivity contribution in [2.75, 3.05) is 11.9 Å². The van der Waals surface area contributed by atoms with Gasteiger partial charge >= 0.3 is 0 Å². The van der Waals surface area contributed by atoms with E-state index in [0.29, 0.717) is 6.54 Å². The summed E-state index contributed by atoms with van der Waals surface area (Å²) in [5.74, 6) is 0. The summed E-state index contributed by atoms with van der Waals surface area (Å²) in [4.78, 5) is 3.96. The maximum atomic E-state index is 8.83. The quantitative estimate of drug-likeness (QED) is 0.902. The summed E-state index contributed by atoms with van der Waals surface area (Å²) < 4.78 is 0.911. The Morgan fingerprint density at radius 2 is 2.36 bits per heavy atom. The Balaban J connectivity index is 2.64. The normalized spacial score (nSPS) is 10.7. The van der Waals surface area contributed by atoms with Gasteiger partial charge in [0.15, 0.2) is 0 Å². The van der Waals surface area contributed by atoms with Crippen molar-refractivity contribution in [1.29, 1.82) is 5.26 Å². The highest BCUT2D eigenvalue weighted by Crippen LogP contribution is 2.22. The molecule has 1 heterocycles. The zero-order chi connectivity index (χ0) is 10.6. The van der Waals surface area contributed by atoms with Gasteiger partial charge in [0.05, 0.1) is 21.6 Å². The predicted molar refractivity (Wildman–Crippen MR) is 59.8 cm³/mol. The van der Waals surface area contributed by atoms with Gasteiger partial charge in [0.25, 0.3) is 0 Å². The first-order valence-corrected chi connectivity index (χ1v) is 5.09. The van der Waals surface area contributed by atoms with Gasteiger partial charge in [0.2, 0.25) is 0 Å². The Hall–Kier alpha value is -1.08. The smallest absolute Gasteiger partial charge is 0.0702 e. The molecule has 74 valence electrons. The molecule has 3 nitrogen and oxygen atoms in total. The molecular formula is C10H12BrN3. The van der Waals surface area contributed by atoms with Gasteiger partial charge in [-0.15, -0.1) is 0 Å². The number of nitrogens with one attached hydrogen (secondary N) is 1. The van der Waals surface area contributed by atoms with Gasteiger partial charge in [-0.1, -0.05) is 0 Å². The Labute approximate surface area is 92.3 Å². The van der Waals surface area contributed by atoms with Gasteiger partial charge < -0.3 is 5.32 Å². The van der Waals surface area contributed by atoms with Crippen LogP contribution in [0, 0.1) is 16.7 Å². The van der Waals surface area contributed by atoms with E-state index in [1.54, 1.807) is 12.4 Å². The third-order valence-corrected chi connectivity index (χ3v) is 2.43. The second-order valence-electron chi connectivity index (χ2n) is 3.70. The van der Waals surface area contributed by atoms with Crippen molar-refractivity contribution in [2.45, 2.75) is 13.8 Å². The molecule has 0 aliphatic rings. The third-order valence-electron chi connectivity index (χ3n) is 1.80. The van der Waals surface area contributed by atoms with Gasteiger partial charge in [0.1, 0.15) is 0 Å². The maximum absolute atomic E-state index is 8.83. The van der Waals surface area contributed by atoms with E-state index in [4.69, 9.17) is 5.26 Å². The van der Waals surface area contributed by atoms with E-state index in [2.05, 4.69) is 32.3 Å². The number of nitrogens with zero attached hydrogens (tertiary/aromatic N) is 2. The third kappa shape index (κ3) is 3.00. The number of hydrogen-bond acceptors (Lipinski definition) is 3. The first-order chi connectivity index (χ1) is 6.55. The van der Waals surface area contributed by atoms with Crippen LogP contribution < -0.4 is 5.32 Å². The summed E-state index contributed by atoms with van der Waals surface area (Å²) in [6, 6.07) is 4.11. The van der Waals surface area contributed by atoms with Crippen molar-refractivity contribution in [3.63, 3.8) is 0 Å². The molecule has 0 aliphatic heterocycles. The van der Waals surface area contributed by atoms with Crippen LogP contribution in [0.25, 0.3) is 0 Å². The minimum absolute atomic E-state index is 0.358. The number of anilines is 1. The van der Waals surface area contributed by atoms with Crippen LogP contribution in [0.1, 0.15) is 13.8 Å². The average molecular weight is 254 g/mol. The number of halogens is 1. The molecule has 0 radical (unpaired) electrons. The molecule has 4 heteroatoms. The maximum Gasteiger partial charge on any atom is 0.0702 e. The largest absolute Gasteiger partial charge is 0.382 e. The molecule has 0 bridgehead atoms. The number of nitriles is 1. The Morgan fingerprint density at radius 3 is 2.93 bits per heavy atom. The van der Waals surface area contributed by atoms with E-state index in [-0.39, 0.29) is 5.41 Å². The van der Waals surface area contributed by atoms with Crippen LogP contribution in [0.2, 0.25) is 0 Å². The van der Waals surface area contributed by atoms with E-state index in [9.17, 15) is 0 Å². The van der Waals surface area contributed by atoms with Crippen LogP contribution in [-0.2, 0) is 0 Å². The lowest BCUT2D eigenvalue weighted by Gasteiger charge is -2.17. The minimum atomic E-state index is -0.358. The van der Waals surface area contributed by atoms with Gasteiger partial charge in [-0.3, -0.25) is 4.98 Å². The molecule has 14 heavy (non-hydrogen) atoms. The van der Waals surface area contributed by atoms with Crippen LogP contribution in [0.3, 0.4) is 0 Å². The van der Waals surface area contributed by atoms with Crippen molar-refractivity contribution in [3.05, 3.63) is 22.9 Å². The number of rotatable bonds is 3.